The van der Waals surface area contributed by atoms with Gasteiger partial charge in [-0.3, -0.25) is 19.7 Å². The number of nitrogens with two attached hydrogens (primary N) is 1. The van der Waals surface area contributed by atoms with Gasteiger partial charge < -0.3 is 16.4 Å². The lowest BCUT2D eigenvalue weighted by atomic mass is 10.1. The molecule has 4 rings (SSSR count). The Kier molecular flexibility index (Phi) is 7.33. The first-order chi connectivity index (χ1) is 17.4. The average Bonchev–Trinajstić information content (AvgIpc) is 3.37. The summed E-state index contributed by atoms with van der Waals surface area (Å²) in [5, 5.41) is 24.3. The van der Waals surface area contributed by atoms with Crippen LogP contribution in [0, 0.1) is 10.1 Å². The number of benzene rings is 3. The lowest BCUT2D eigenvalue weighted by Crippen LogP contribution is -2.25. The molecule has 11 nitrogen and oxygen atoms in total. The molecule has 0 aliphatic heterocycles. The van der Waals surface area contributed by atoms with Crippen molar-refractivity contribution in [2.45, 2.75) is 13.1 Å². The van der Waals surface area contributed by atoms with Crippen LogP contribution in [-0.4, -0.2) is 31.7 Å². The second-order valence-electron chi connectivity index (χ2n) is 7.63. The van der Waals surface area contributed by atoms with Crippen LogP contribution >= 0.6 is 11.6 Å². The molecule has 0 unspecified atom stereocenters. The van der Waals surface area contributed by atoms with Crippen molar-refractivity contribution in [1.82, 2.24) is 20.3 Å². The van der Waals surface area contributed by atoms with Crippen LogP contribution in [0.5, 0.6) is 0 Å². The maximum Gasteiger partial charge on any atom is 0.270 e. The van der Waals surface area contributed by atoms with Gasteiger partial charge in [-0.25, -0.2) is 4.68 Å². The first kappa shape index (κ1) is 24.5. The molecule has 0 saturated carbocycles. The number of rotatable bonds is 8. The quantitative estimate of drug-likeness (QED) is 0.244. The number of nitrogens with zero attached hydrogens (tertiary/aromatic N) is 4. The third-order valence-electron chi connectivity index (χ3n) is 5.21. The molecule has 12 heteroatoms. The fraction of sp³-hybridized carbons (Fsp3) is 0.0833. The summed E-state index contributed by atoms with van der Waals surface area (Å²) < 4.78 is 1.60. The number of hydrogen-bond acceptors (Lipinski definition) is 7. The summed E-state index contributed by atoms with van der Waals surface area (Å²) in [6, 6.07) is 17.4. The SMILES string of the molecule is NCc1cn(-c2cccc(CNC(=O)c3ccccc3NC(=O)c3ccc([N+](=O)[O-])cc3Cl)c2)nn1. The molecular weight excluding hydrogens is 486 g/mol. The molecule has 0 aliphatic rings. The highest BCUT2D eigenvalue weighted by molar-refractivity contribution is 6.34. The van der Waals surface area contributed by atoms with Crippen LogP contribution in [0.2, 0.25) is 5.02 Å². The highest BCUT2D eigenvalue weighted by Gasteiger charge is 2.18. The molecule has 0 aliphatic carbocycles. The topological polar surface area (TPSA) is 158 Å². The first-order valence-electron chi connectivity index (χ1n) is 10.7. The smallest absolute Gasteiger partial charge is 0.270 e. The summed E-state index contributed by atoms with van der Waals surface area (Å²) in [6.07, 6.45) is 1.73. The largest absolute Gasteiger partial charge is 0.348 e. The Morgan fingerprint density at radius 1 is 1.03 bits per heavy atom. The lowest BCUT2D eigenvalue weighted by molar-refractivity contribution is -0.384. The van der Waals surface area contributed by atoms with Gasteiger partial charge >= 0.3 is 0 Å². The zero-order valence-corrected chi connectivity index (χ0v) is 19.5. The fourth-order valence-electron chi connectivity index (χ4n) is 3.39. The number of para-hydroxylation sites is 1. The number of nitro benzene ring substituents is 1. The molecule has 2 amide bonds. The molecule has 0 atom stereocenters. The number of nitro groups is 1. The summed E-state index contributed by atoms with van der Waals surface area (Å²) in [7, 11) is 0. The molecule has 36 heavy (non-hydrogen) atoms. The van der Waals surface area contributed by atoms with E-state index in [0.29, 0.717) is 5.69 Å². The van der Waals surface area contributed by atoms with Crippen molar-refractivity contribution < 1.29 is 14.5 Å². The number of carbonyl (C=O) groups is 2. The molecule has 0 bridgehead atoms. The second kappa shape index (κ2) is 10.8. The monoisotopic (exact) mass is 505 g/mol. The number of anilines is 1. The van der Waals surface area contributed by atoms with Crippen molar-refractivity contribution in [2.24, 2.45) is 5.73 Å². The molecule has 1 aromatic heterocycles. The highest BCUT2D eigenvalue weighted by Crippen LogP contribution is 2.24. The van der Waals surface area contributed by atoms with Crippen molar-refractivity contribution in [2.75, 3.05) is 5.32 Å². The van der Waals surface area contributed by atoms with Crippen LogP contribution < -0.4 is 16.4 Å². The van der Waals surface area contributed by atoms with Crippen molar-refractivity contribution >= 4 is 34.8 Å². The van der Waals surface area contributed by atoms with Crippen LogP contribution in [0.15, 0.2) is 72.9 Å². The van der Waals surface area contributed by atoms with Gasteiger partial charge in [-0.1, -0.05) is 41.1 Å². The molecule has 182 valence electrons. The van der Waals surface area contributed by atoms with Crippen LogP contribution in [0.3, 0.4) is 0 Å². The molecule has 0 radical (unpaired) electrons. The second-order valence-corrected chi connectivity index (χ2v) is 8.04. The third-order valence-corrected chi connectivity index (χ3v) is 5.52. The summed E-state index contributed by atoms with van der Waals surface area (Å²) in [5.41, 5.74) is 8.14. The van der Waals surface area contributed by atoms with Gasteiger partial charge in [0.2, 0.25) is 0 Å². The van der Waals surface area contributed by atoms with E-state index in [4.69, 9.17) is 17.3 Å². The average molecular weight is 506 g/mol. The Labute approximate surface area is 210 Å². The molecule has 4 N–H and O–H groups in total. The molecule has 3 aromatic carbocycles. The van der Waals surface area contributed by atoms with Crippen molar-refractivity contribution in [3.05, 3.63) is 110 Å². The Morgan fingerprint density at radius 3 is 2.56 bits per heavy atom. The number of halogens is 1. The number of nitrogens with one attached hydrogen (secondary N) is 2. The van der Waals surface area contributed by atoms with Crippen LogP contribution in [0.4, 0.5) is 11.4 Å². The number of carbonyl (C=O) groups excluding carboxylic acids is 2. The van der Waals surface area contributed by atoms with E-state index in [9.17, 15) is 19.7 Å². The lowest BCUT2D eigenvalue weighted by Gasteiger charge is -2.12. The normalized spacial score (nSPS) is 10.6. The fourth-order valence-corrected chi connectivity index (χ4v) is 3.65. The molecule has 0 spiro atoms. The Bertz CT molecular complexity index is 1450. The first-order valence-corrected chi connectivity index (χ1v) is 11.1. The van der Waals surface area contributed by atoms with E-state index in [0.717, 1.165) is 17.3 Å². The predicted octanol–water partition coefficient (Wildman–Crippen LogP) is 3.47. The van der Waals surface area contributed by atoms with Crippen LogP contribution in [0.1, 0.15) is 32.0 Å². The standard InChI is InChI=1S/C24H20ClN7O4/c25-21-11-18(32(35)36)8-9-19(21)24(34)28-22-7-2-1-6-20(22)23(33)27-13-15-4-3-5-17(10-15)31-14-16(12-26)29-30-31/h1-11,14H,12-13,26H2,(H,27,33)(H,28,34). The Balaban J connectivity index is 1.46. The van der Waals surface area contributed by atoms with Gasteiger partial charge in [0, 0.05) is 25.2 Å². The minimum atomic E-state index is -0.605. The Morgan fingerprint density at radius 2 is 1.83 bits per heavy atom. The van der Waals surface area contributed by atoms with Crippen molar-refractivity contribution in [3.8, 4) is 5.69 Å². The van der Waals surface area contributed by atoms with Gasteiger partial charge in [-0.2, -0.15) is 0 Å². The van der Waals surface area contributed by atoms with Crippen molar-refractivity contribution in [1.29, 1.82) is 0 Å². The molecule has 0 saturated heterocycles. The minimum absolute atomic E-state index is 0.0418. The number of aromatic nitrogens is 3. The van der Waals surface area contributed by atoms with Gasteiger partial charge in [0.15, 0.2) is 0 Å². The molecule has 4 aromatic rings. The van der Waals surface area contributed by atoms with Gasteiger partial charge in [0.05, 0.1) is 44.3 Å². The van der Waals surface area contributed by atoms with Gasteiger partial charge in [-0.15, -0.1) is 5.10 Å². The van der Waals surface area contributed by atoms with Crippen LogP contribution in [-0.2, 0) is 13.1 Å². The molecule has 1 heterocycles. The summed E-state index contributed by atoms with van der Waals surface area (Å²) in [6.45, 7) is 0.504. The zero-order chi connectivity index (χ0) is 25.7. The summed E-state index contributed by atoms with van der Waals surface area (Å²) in [4.78, 5) is 36.0. The summed E-state index contributed by atoms with van der Waals surface area (Å²) >= 11 is 6.06. The predicted molar refractivity (Wildman–Crippen MR) is 133 cm³/mol. The van der Waals surface area contributed by atoms with E-state index in [2.05, 4.69) is 20.9 Å². The zero-order valence-electron chi connectivity index (χ0n) is 18.7. The van der Waals surface area contributed by atoms with E-state index >= 15 is 0 Å². The maximum atomic E-state index is 12.9. The number of amides is 2. The van der Waals surface area contributed by atoms with Gasteiger partial charge in [-0.05, 0) is 35.9 Å². The molecular formula is C24H20ClN7O4. The maximum absolute atomic E-state index is 12.9. The number of non-ortho nitro benzene ring substituents is 1. The van der Waals surface area contributed by atoms with Gasteiger partial charge in [0.25, 0.3) is 17.5 Å². The van der Waals surface area contributed by atoms with E-state index in [1.54, 1.807) is 35.1 Å². The molecule has 0 fully saturated rings. The minimum Gasteiger partial charge on any atom is -0.348 e. The summed E-state index contributed by atoms with van der Waals surface area (Å²) in [5.74, 6) is -1.01. The van der Waals surface area contributed by atoms with Crippen LogP contribution in [0.25, 0.3) is 5.69 Å². The highest BCUT2D eigenvalue weighted by atomic mass is 35.5. The van der Waals surface area contributed by atoms with Crippen molar-refractivity contribution in [3.63, 3.8) is 0 Å². The number of hydrogen-bond donors (Lipinski definition) is 3. The van der Waals surface area contributed by atoms with E-state index in [1.807, 2.05) is 24.3 Å². The Hall–Kier alpha value is -4.61. The van der Waals surface area contributed by atoms with E-state index < -0.39 is 16.7 Å². The van der Waals surface area contributed by atoms with E-state index in [1.165, 1.54) is 12.1 Å². The van der Waals surface area contributed by atoms with E-state index in [-0.39, 0.29) is 40.6 Å². The third kappa shape index (κ3) is 5.54. The van der Waals surface area contributed by atoms with Gasteiger partial charge in [0.1, 0.15) is 0 Å².